The molecule has 64 valence electrons. The van der Waals surface area contributed by atoms with Crippen LogP contribution in [0.15, 0.2) is 0 Å². The molecule has 1 N–H and O–H groups in total. The van der Waals surface area contributed by atoms with Gasteiger partial charge in [0.25, 0.3) is 0 Å². The summed E-state index contributed by atoms with van der Waals surface area (Å²) in [6.45, 7) is 0.145. The first-order valence-corrected chi connectivity index (χ1v) is 4.08. The summed E-state index contributed by atoms with van der Waals surface area (Å²) in [7, 11) is 1.37. The number of aliphatic hydroxyl groups excluding tert-OH is 1. The minimum atomic E-state index is -0.237. The van der Waals surface area contributed by atoms with Gasteiger partial charge in [-0.3, -0.25) is 14.5 Å². The number of aliphatic hydroxyl groups is 1. The van der Waals surface area contributed by atoms with Crippen molar-refractivity contribution in [3.63, 3.8) is 0 Å². The molecule has 2 amide bonds. The molecule has 2 rings (SSSR count). The van der Waals surface area contributed by atoms with Crippen molar-refractivity contribution < 1.29 is 14.7 Å². The first kappa shape index (κ1) is 6.66. The second kappa shape index (κ2) is 2.32. The van der Waals surface area contributed by atoms with Crippen LogP contribution in [0.2, 0.25) is 0 Å². The summed E-state index contributed by atoms with van der Waals surface area (Å²) in [6.07, 6.45) is 0.858. The Kier molecular flexibility index (Phi) is 1.29. The fourth-order valence-corrected chi connectivity index (χ4v) is 2.04. The van der Waals surface area contributed by atoms with E-state index in [1.54, 1.807) is 0 Å². The van der Waals surface area contributed by atoms with Gasteiger partial charge in [0.1, 0.15) is 0 Å². The summed E-state index contributed by atoms with van der Waals surface area (Å²) >= 11 is 0. The summed E-state index contributed by atoms with van der Waals surface area (Å²) in [6, 6.07) is -0.188. The van der Waals surface area contributed by atoms with Gasteiger partial charge in [0.05, 0.1) is 12.6 Å². The van der Waals surface area contributed by atoms with Gasteiger partial charge in [0, 0.05) is 5.92 Å². The Hall–Kier alpha value is -0.835. The van der Waals surface area contributed by atoms with Gasteiger partial charge in [-0.2, -0.15) is 0 Å². The van der Waals surface area contributed by atoms with E-state index in [1.807, 2.05) is 0 Å². The average molecular weight is 169 g/mol. The molecular weight excluding hydrogens is 157 g/mol. The average Bonchev–Trinajstić information content (AvgIpc) is 2.76. The number of piperidine rings is 1. The quantitative estimate of drug-likeness (QED) is 0.516. The van der Waals surface area contributed by atoms with Crippen molar-refractivity contribution in [3.05, 3.63) is 0 Å². The van der Waals surface area contributed by atoms with E-state index in [1.165, 1.54) is 12.7 Å². The normalized spacial score (nSPS) is 39.3. The molecule has 1 heterocycles. The standard InChI is InChI=1S/C7H10BNO3/c8-7(12)9-5(2-10)3-1-4(3)6(9)11/h3-5,10H,1-2,8H2/t3?,4?,5-/m1/s1/i10T. The molecule has 1 aliphatic carbocycles. The van der Waals surface area contributed by atoms with Crippen LogP contribution in [-0.2, 0) is 4.79 Å². The maximum absolute atomic E-state index is 11.5. The van der Waals surface area contributed by atoms with Crippen LogP contribution in [0.3, 0.4) is 0 Å². The highest BCUT2D eigenvalue weighted by molar-refractivity contribution is 6.58. The van der Waals surface area contributed by atoms with Crippen molar-refractivity contribution in [2.45, 2.75) is 12.5 Å². The molecule has 5 heteroatoms. The smallest absolute Gasteiger partial charge is 0.232 e. The molecular formula is C7H10BNO3. The molecule has 3 atom stereocenters. The third-order valence-electron chi connectivity index (χ3n) is 2.73. The Morgan fingerprint density at radius 2 is 2.67 bits per heavy atom. The second-order valence-electron chi connectivity index (χ2n) is 3.47. The lowest BCUT2D eigenvalue weighted by molar-refractivity contribution is -0.128. The fourth-order valence-electron chi connectivity index (χ4n) is 2.04. The van der Waals surface area contributed by atoms with Crippen molar-refractivity contribution in [2.24, 2.45) is 11.8 Å². The van der Waals surface area contributed by atoms with Gasteiger partial charge in [-0.15, -0.1) is 0 Å². The number of hydrogen-bond donors (Lipinski definition) is 1. The van der Waals surface area contributed by atoms with Crippen LogP contribution in [0.5, 0.6) is 0 Å². The third kappa shape index (κ3) is 0.828. The van der Waals surface area contributed by atoms with E-state index in [4.69, 9.17) is 1.43 Å². The minimum absolute atomic E-state index is 0.0315. The number of imide groups is 1. The van der Waals surface area contributed by atoms with E-state index in [9.17, 15) is 9.59 Å². The van der Waals surface area contributed by atoms with Gasteiger partial charge in [0.15, 0.2) is 5.81 Å². The Morgan fingerprint density at radius 1 is 1.92 bits per heavy atom. The SMILES string of the molecule is [3H]OC[C@@H]1C2CC2C(=O)N1C(B)=O. The lowest BCUT2D eigenvalue weighted by Crippen LogP contribution is -2.42. The number of hydrogen-bond acceptors (Lipinski definition) is 3. The number of rotatable bonds is 2. The van der Waals surface area contributed by atoms with Crippen LogP contribution < -0.4 is 0 Å². The first-order valence-electron chi connectivity index (χ1n) is 4.49. The first-order chi connectivity index (χ1) is 6.16. The number of carbonyl (C=O) groups excluding carboxylic acids is 2. The molecule has 2 fully saturated rings. The molecule has 1 saturated carbocycles. The van der Waals surface area contributed by atoms with Crippen LogP contribution in [0, 0.1) is 11.8 Å². The predicted molar refractivity (Wildman–Crippen MR) is 43.3 cm³/mol. The lowest BCUT2D eigenvalue weighted by atomic mass is 10.1. The Bertz CT molecular complexity index is 272. The summed E-state index contributed by atoms with van der Waals surface area (Å²) in [5.41, 5.74) is 0. The van der Waals surface area contributed by atoms with Crippen LogP contribution in [0.25, 0.3) is 0 Å². The predicted octanol–water partition coefficient (Wildman–Crippen LogP) is -1.42. The van der Waals surface area contributed by atoms with Gasteiger partial charge < -0.3 is 5.11 Å². The molecule has 1 aliphatic heterocycles. The second-order valence-corrected chi connectivity index (χ2v) is 3.47. The van der Waals surface area contributed by atoms with E-state index in [0.717, 1.165) is 6.42 Å². The molecule has 0 bridgehead atoms. The zero-order valence-electron chi connectivity index (χ0n) is 7.82. The number of amides is 2. The van der Waals surface area contributed by atoms with Gasteiger partial charge in [-0.25, -0.2) is 0 Å². The molecule has 12 heavy (non-hydrogen) atoms. The third-order valence-corrected chi connectivity index (χ3v) is 2.73. The lowest BCUT2D eigenvalue weighted by Gasteiger charge is -2.22. The molecule has 2 aliphatic rings. The molecule has 0 aromatic heterocycles. The topological polar surface area (TPSA) is 57.6 Å². The number of likely N-dealkylation sites (tertiary alicyclic amines) is 1. The molecule has 0 aromatic carbocycles. The maximum atomic E-state index is 11.5. The summed E-state index contributed by atoms with van der Waals surface area (Å²) in [5.74, 6) is -0.0374. The summed E-state index contributed by atoms with van der Waals surface area (Å²) in [4.78, 5) is 23.8. The van der Waals surface area contributed by atoms with Crippen molar-refractivity contribution >= 4 is 19.6 Å². The zero-order chi connectivity index (χ0) is 9.59. The van der Waals surface area contributed by atoms with E-state index in [0.29, 0.717) is 0 Å². The highest BCUT2D eigenvalue weighted by Crippen LogP contribution is 2.50. The highest BCUT2D eigenvalue weighted by Gasteiger charge is 2.59. The van der Waals surface area contributed by atoms with Gasteiger partial charge in [-0.05, 0) is 12.3 Å². The van der Waals surface area contributed by atoms with E-state index >= 15 is 0 Å². The minimum Gasteiger partial charge on any atom is -0.394 e. The van der Waals surface area contributed by atoms with Gasteiger partial charge in [0.2, 0.25) is 15.2 Å². The molecule has 2 unspecified atom stereocenters. The Labute approximate surface area is 72.4 Å². The number of nitrogens with zero attached hydrogens (tertiary/aromatic N) is 1. The zero-order valence-corrected chi connectivity index (χ0v) is 6.82. The maximum Gasteiger partial charge on any atom is 0.232 e. The largest absolute Gasteiger partial charge is 0.394 e. The number of carbonyl (C=O) groups is 2. The van der Waals surface area contributed by atoms with Crippen molar-refractivity contribution in [1.82, 2.24) is 4.90 Å². The van der Waals surface area contributed by atoms with E-state index in [-0.39, 0.29) is 36.2 Å². The Morgan fingerprint density at radius 3 is 3.25 bits per heavy atom. The summed E-state index contributed by atoms with van der Waals surface area (Å²) in [5, 5.41) is 4.26. The molecule has 4 nitrogen and oxygen atoms in total. The molecule has 0 spiro atoms. The van der Waals surface area contributed by atoms with E-state index < -0.39 is 0 Å². The van der Waals surface area contributed by atoms with Crippen molar-refractivity contribution in [2.75, 3.05) is 6.61 Å². The number of fused-ring (bicyclic) bond motifs is 1. The Balaban J connectivity index is 2.14. The van der Waals surface area contributed by atoms with Gasteiger partial charge >= 0.3 is 0 Å². The van der Waals surface area contributed by atoms with Crippen LogP contribution in [0.1, 0.15) is 6.42 Å². The van der Waals surface area contributed by atoms with Crippen molar-refractivity contribution in [1.29, 1.82) is 1.43 Å². The molecule has 0 aromatic rings. The van der Waals surface area contributed by atoms with Gasteiger partial charge in [-0.1, -0.05) is 0 Å². The van der Waals surface area contributed by atoms with Crippen LogP contribution >= 0.6 is 0 Å². The van der Waals surface area contributed by atoms with E-state index in [2.05, 4.69) is 5.11 Å². The monoisotopic (exact) mass is 169 g/mol. The summed E-state index contributed by atoms with van der Waals surface area (Å²) < 4.78 is 6.62. The fraction of sp³-hybridized carbons (Fsp3) is 0.714. The highest BCUT2D eigenvalue weighted by atomic mass is 16.3. The van der Waals surface area contributed by atoms with Crippen molar-refractivity contribution in [3.8, 4) is 0 Å². The molecule has 1 saturated heterocycles. The van der Waals surface area contributed by atoms with Crippen LogP contribution in [0.4, 0.5) is 4.79 Å². The van der Waals surface area contributed by atoms with Crippen LogP contribution in [-0.4, -0.2) is 43.6 Å². The molecule has 0 radical (unpaired) electrons.